The predicted octanol–water partition coefficient (Wildman–Crippen LogP) is 5.30. The maximum absolute atomic E-state index is 6.09. The molecule has 30 heavy (non-hydrogen) atoms. The van der Waals surface area contributed by atoms with E-state index in [4.69, 9.17) is 28.4 Å². The van der Waals surface area contributed by atoms with E-state index in [0.29, 0.717) is 23.0 Å². The molecule has 1 heterocycles. The van der Waals surface area contributed by atoms with Gasteiger partial charge in [-0.15, -0.1) is 0 Å². The Morgan fingerprint density at radius 3 is 1.77 bits per heavy atom. The van der Waals surface area contributed by atoms with Gasteiger partial charge in [-0.05, 0) is 56.3 Å². The Kier molecular flexibility index (Phi) is 6.37. The summed E-state index contributed by atoms with van der Waals surface area (Å²) in [5, 5.41) is 0. The Morgan fingerprint density at radius 1 is 0.667 bits per heavy atom. The van der Waals surface area contributed by atoms with Crippen LogP contribution in [-0.2, 0) is 9.47 Å². The first kappa shape index (κ1) is 20.1. The zero-order chi connectivity index (χ0) is 20.8. The van der Waals surface area contributed by atoms with Crippen LogP contribution < -0.4 is 18.9 Å². The summed E-state index contributed by atoms with van der Waals surface area (Å²) in [7, 11) is 0. The molecular formula is C24H24O6. The monoisotopic (exact) mass is 408 g/mol. The van der Waals surface area contributed by atoms with Crippen LogP contribution >= 0.6 is 0 Å². The molecule has 0 saturated heterocycles. The topological polar surface area (TPSA) is 55.4 Å². The van der Waals surface area contributed by atoms with Crippen molar-refractivity contribution in [3.8, 4) is 23.0 Å². The van der Waals surface area contributed by atoms with Crippen molar-refractivity contribution < 1.29 is 28.4 Å². The van der Waals surface area contributed by atoms with Gasteiger partial charge in [0.25, 0.3) is 0 Å². The largest absolute Gasteiger partial charge is 0.465 e. The van der Waals surface area contributed by atoms with Crippen LogP contribution in [0.4, 0.5) is 0 Å². The molecule has 4 rings (SSSR count). The number of para-hydroxylation sites is 2. The molecule has 0 amide bonds. The Hall–Kier alpha value is -3.22. The Balaban J connectivity index is 1.48. The smallest absolute Gasteiger partial charge is 0.231 e. The number of hydrogen-bond donors (Lipinski definition) is 0. The summed E-state index contributed by atoms with van der Waals surface area (Å²) < 4.78 is 34.8. The highest BCUT2D eigenvalue weighted by Crippen LogP contribution is 2.36. The molecule has 1 aliphatic rings. The van der Waals surface area contributed by atoms with Crippen molar-refractivity contribution in [2.24, 2.45) is 0 Å². The second kappa shape index (κ2) is 9.52. The lowest BCUT2D eigenvalue weighted by molar-refractivity contribution is -0.260. The Bertz CT molecular complexity index is 881. The average Bonchev–Trinajstić information content (AvgIpc) is 3.22. The molecule has 0 bridgehead atoms. The third-order valence-corrected chi connectivity index (χ3v) is 4.39. The summed E-state index contributed by atoms with van der Waals surface area (Å²) in [5.41, 5.74) is 0.770. The molecule has 0 N–H and O–H groups in total. The molecule has 0 aromatic heterocycles. The third-order valence-electron chi connectivity index (χ3n) is 4.39. The van der Waals surface area contributed by atoms with E-state index in [2.05, 4.69) is 0 Å². The maximum Gasteiger partial charge on any atom is 0.231 e. The summed E-state index contributed by atoms with van der Waals surface area (Å²) in [5.74, 6) is 2.77. The van der Waals surface area contributed by atoms with Crippen LogP contribution in [0.25, 0.3) is 0 Å². The number of rotatable bonds is 9. The van der Waals surface area contributed by atoms with Crippen LogP contribution in [0.1, 0.15) is 25.7 Å². The molecule has 0 aliphatic carbocycles. The van der Waals surface area contributed by atoms with Crippen molar-refractivity contribution in [2.75, 3.05) is 6.79 Å². The van der Waals surface area contributed by atoms with E-state index in [-0.39, 0.29) is 6.79 Å². The molecule has 0 fully saturated rings. The Morgan fingerprint density at radius 2 is 1.20 bits per heavy atom. The molecule has 3 aromatic rings. The minimum atomic E-state index is -0.739. The van der Waals surface area contributed by atoms with Crippen LogP contribution in [0.5, 0.6) is 23.0 Å². The molecule has 156 valence electrons. The first-order valence-electron chi connectivity index (χ1n) is 9.81. The zero-order valence-corrected chi connectivity index (χ0v) is 16.9. The van der Waals surface area contributed by atoms with Crippen LogP contribution in [0, 0.1) is 0 Å². The second-order valence-corrected chi connectivity index (χ2v) is 6.71. The summed E-state index contributed by atoms with van der Waals surface area (Å²) in [6.07, 6.45) is -1.87. The number of fused-ring (bicyclic) bond motifs is 1. The Labute approximate surface area is 175 Å². The highest BCUT2D eigenvalue weighted by molar-refractivity contribution is 5.44. The lowest BCUT2D eigenvalue weighted by atomic mass is 10.2. The van der Waals surface area contributed by atoms with Crippen molar-refractivity contribution in [2.45, 2.75) is 32.7 Å². The minimum absolute atomic E-state index is 0.201. The summed E-state index contributed by atoms with van der Waals surface area (Å²) >= 11 is 0. The van der Waals surface area contributed by atoms with Crippen molar-refractivity contribution in [3.05, 3.63) is 84.4 Å². The summed E-state index contributed by atoms with van der Waals surface area (Å²) in [6.45, 7) is 3.84. The highest BCUT2D eigenvalue weighted by atomic mass is 16.8. The van der Waals surface area contributed by atoms with E-state index >= 15 is 0 Å². The van der Waals surface area contributed by atoms with E-state index in [0.717, 1.165) is 5.56 Å². The summed E-state index contributed by atoms with van der Waals surface area (Å²) in [4.78, 5) is 0. The van der Waals surface area contributed by atoms with E-state index in [1.165, 1.54) is 0 Å². The van der Waals surface area contributed by atoms with Crippen LogP contribution in [0.15, 0.2) is 78.9 Å². The van der Waals surface area contributed by atoms with Crippen LogP contribution in [0.2, 0.25) is 0 Å². The molecule has 3 aromatic carbocycles. The number of ether oxygens (including phenoxy) is 6. The predicted molar refractivity (Wildman–Crippen MR) is 111 cm³/mol. The van der Waals surface area contributed by atoms with E-state index in [1.54, 1.807) is 0 Å². The van der Waals surface area contributed by atoms with E-state index in [1.807, 2.05) is 92.7 Å². The normalized spacial score (nSPS) is 15.3. The first-order chi connectivity index (χ1) is 14.7. The van der Waals surface area contributed by atoms with E-state index in [9.17, 15) is 0 Å². The lowest BCUT2D eigenvalue weighted by Gasteiger charge is -2.26. The molecule has 0 radical (unpaired) electrons. The van der Waals surface area contributed by atoms with Crippen molar-refractivity contribution in [1.82, 2.24) is 0 Å². The standard InChI is InChI=1S/C24H24O6/c1-17(27-20-9-5-3-6-10-20)29-24(19-13-14-22-23(15-19)26-16-25-22)30-18(2)28-21-11-7-4-8-12-21/h3-15,17-18,24H,16H2,1-2H3. The van der Waals surface area contributed by atoms with Crippen molar-refractivity contribution in [3.63, 3.8) is 0 Å². The zero-order valence-electron chi connectivity index (χ0n) is 16.9. The highest BCUT2D eigenvalue weighted by Gasteiger charge is 2.24. The van der Waals surface area contributed by atoms with Gasteiger partial charge in [-0.25, -0.2) is 0 Å². The molecular weight excluding hydrogens is 384 g/mol. The molecule has 2 unspecified atom stereocenters. The van der Waals surface area contributed by atoms with E-state index < -0.39 is 18.9 Å². The quantitative estimate of drug-likeness (QED) is 0.448. The van der Waals surface area contributed by atoms with Gasteiger partial charge in [0.05, 0.1) is 0 Å². The average molecular weight is 408 g/mol. The third kappa shape index (κ3) is 5.23. The fraction of sp³-hybridized carbons (Fsp3) is 0.250. The maximum atomic E-state index is 6.09. The van der Waals surface area contributed by atoms with Crippen LogP contribution in [0.3, 0.4) is 0 Å². The van der Waals surface area contributed by atoms with Gasteiger partial charge in [-0.3, -0.25) is 0 Å². The molecule has 1 aliphatic heterocycles. The van der Waals surface area contributed by atoms with Crippen molar-refractivity contribution in [1.29, 1.82) is 0 Å². The SMILES string of the molecule is CC(Oc1ccccc1)OC(OC(C)Oc1ccccc1)c1ccc2c(c1)OCO2. The second-order valence-electron chi connectivity index (χ2n) is 6.71. The van der Waals surface area contributed by atoms with Crippen LogP contribution in [-0.4, -0.2) is 19.4 Å². The minimum Gasteiger partial charge on any atom is -0.465 e. The summed E-state index contributed by atoms with van der Waals surface area (Å²) in [6, 6.07) is 24.5. The van der Waals surface area contributed by atoms with Gasteiger partial charge >= 0.3 is 0 Å². The van der Waals surface area contributed by atoms with Gasteiger partial charge in [0.15, 0.2) is 30.4 Å². The molecule has 0 saturated carbocycles. The fourth-order valence-electron chi connectivity index (χ4n) is 3.03. The molecule has 6 nitrogen and oxygen atoms in total. The lowest BCUT2D eigenvalue weighted by Crippen LogP contribution is -2.26. The van der Waals surface area contributed by atoms with Gasteiger partial charge < -0.3 is 28.4 Å². The molecule has 6 heteroatoms. The van der Waals surface area contributed by atoms with Crippen molar-refractivity contribution >= 4 is 0 Å². The van der Waals surface area contributed by atoms with Gasteiger partial charge in [0.1, 0.15) is 11.5 Å². The molecule has 2 atom stereocenters. The fourth-order valence-corrected chi connectivity index (χ4v) is 3.03. The van der Waals surface area contributed by atoms with Gasteiger partial charge in [0, 0.05) is 5.56 Å². The van der Waals surface area contributed by atoms with Gasteiger partial charge in [0.2, 0.25) is 6.79 Å². The van der Waals surface area contributed by atoms with Gasteiger partial charge in [-0.1, -0.05) is 36.4 Å². The first-order valence-corrected chi connectivity index (χ1v) is 9.81. The van der Waals surface area contributed by atoms with Gasteiger partial charge in [-0.2, -0.15) is 0 Å². The number of hydrogen-bond acceptors (Lipinski definition) is 6. The molecule has 0 spiro atoms. The number of benzene rings is 3.